The van der Waals surface area contributed by atoms with Gasteiger partial charge in [0.25, 0.3) is 0 Å². The van der Waals surface area contributed by atoms with Gasteiger partial charge in [-0.05, 0) is 30.4 Å². The van der Waals surface area contributed by atoms with E-state index in [0.29, 0.717) is 0 Å². The van der Waals surface area contributed by atoms with E-state index in [4.69, 9.17) is 0 Å². The van der Waals surface area contributed by atoms with Crippen LogP contribution in [0.25, 0.3) is 0 Å². The third kappa shape index (κ3) is 3.24. The van der Waals surface area contributed by atoms with Crippen molar-refractivity contribution in [3.05, 3.63) is 53.6 Å². The number of nitrogens with zero attached hydrogens (tertiary/aromatic N) is 2. The van der Waals surface area contributed by atoms with Crippen molar-refractivity contribution in [2.45, 2.75) is 45.3 Å². The molecule has 1 saturated carbocycles. The molecule has 1 aliphatic carbocycles. The Labute approximate surface area is 114 Å². The minimum Gasteiger partial charge on any atom is -0.329 e. The lowest BCUT2D eigenvalue weighted by Gasteiger charge is -2.09. The van der Waals surface area contributed by atoms with Crippen molar-refractivity contribution in [2.24, 2.45) is 0 Å². The maximum absolute atomic E-state index is 4.27. The average Bonchev–Trinajstić information content (AvgIpc) is 3.18. The van der Waals surface area contributed by atoms with Crippen LogP contribution in [0.5, 0.6) is 0 Å². The second-order valence-corrected chi connectivity index (χ2v) is 5.34. The molecule has 1 aromatic carbocycles. The van der Waals surface area contributed by atoms with E-state index in [1.807, 2.05) is 12.5 Å². The molecule has 3 heteroatoms. The Kier molecular flexibility index (Phi) is 3.65. The number of benzene rings is 1. The number of hydrogen-bond donors (Lipinski definition) is 1. The molecule has 0 unspecified atom stereocenters. The quantitative estimate of drug-likeness (QED) is 0.860. The minimum absolute atomic E-state index is 0.743. The Morgan fingerprint density at radius 3 is 2.63 bits per heavy atom. The third-order valence-corrected chi connectivity index (χ3v) is 3.73. The zero-order valence-electron chi connectivity index (χ0n) is 11.5. The average molecular weight is 255 g/mol. The molecular weight excluding hydrogens is 234 g/mol. The summed E-state index contributed by atoms with van der Waals surface area (Å²) in [5.41, 5.74) is 4.00. The maximum atomic E-state index is 4.27. The monoisotopic (exact) mass is 255 g/mol. The molecule has 0 bridgehead atoms. The van der Waals surface area contributed by atoms with E-state index in [1.165, 1.54) is 29.7 Å². The molecule has 19 heavy (non-hydrogen) atoms. The first-order valence-electron chi connectivity index (χ1n) is 7.15. The number of aryl methyl sites for hydroxylation is 1. The molecule has 0 atom stereocenters. The van der Waals surface area contributed by atoms with Crippen LogP contribution in [0.1, 0.15) is 36.6 Å². The van der Waals surface area contributed by atoms with Crippen LogP contribution in [0, 0.1) is 0 Å². The third-order valence-electron chi connectivity index (χ3n) is 3.73. The normalized spacial score (nSPS) is 14.8. The second kappa shape index (κ2) is 5.57. The predicted molar refractivity (Wildman–Crippen MR) is 77.0 cm³/mol. The zero-order chi connectivity index (χ0) is 13.1. The van der Waals surface area contributed by atoms with Crippen molar-refractivity contribution in [2.75, 3.05) is 0 Å². The predicted octanol–water partition coefficient (Wildman–Crippen LogP) is 2.75. The summed E-state index contributed by atoms with van der Waals surface area (Å²) >= 11 is 0. The summed E-state index contributed by atoms with van der Waals surface area (Å²) in [4.78, 5) is 4.27. The fourth-order valence-corrected chi connectivity index (χ4v) is 2.25. The van der Waals surface area contributed by atoms with Gasteiger partial charge in [0, 0.05) is 25.3 Å². The Morgan fingerprint density at radius 2 is 1.95 bits per heavy atom. The van der Waals surface area contributed by atoms with Gasteiger partial charge in [-0.2, -0.15) is 0 Å². The SMILES string of the molecule is CCc1ccc(Cn2cncc2CNC2CC2)cc1. The highest BCUT2D eigenvalue weighted by molar-refractivity contribution is 5.23. The van der Waals surface area contributed by atoms with E-state index in [9.17, 15) is 0 Å². The molecule has 1 aliphatic rings. The maximum Gasteiger partial charge on any atom is 0.0951 e. The van der Waals surface area contributed by atoms with E-state index < -0.39 is 0 Å². The van der Waals surface area contributed by atoms with Gasteiger partial charge in [-0.15, -0.1) is 0 Å². The Balaban J connectivity index is 1.65. The zero-order valence-corrected chi connectivity index (χ0v) is 11.5. The largest absolute Gasteiger partial charge is 0.329 e. The lowest BCUT2D eigenvalue weighted by atomic mass is 10.1. The molecule has 1 fully saturated rings. The summed E-state index contributed by atoms with van der Waals surface area (Å²) in [6.45, 7) is 4.02. The van der Waals surface area contributed by atoms with Crippen molar-refractivity contribution in [1.82, 2.24) is 14.9 Å². The summed E-state index contributed by atoms with van der Waals surface area (Å²) in [5, 5.41) is 3.54. The van der Waals surface area contributed by atoms with E-state index in [0.717, 1.165) is 25.6 Å². The smallest absolute Gasteiger partial charge is 0.0951 e. The van der Waals surface area contributed by atoms with Gasteiger partial charge in [0.2, 0.25) is 0 Å². The van der Waals surface area contributed by atoms with Crippen LogP contribution in [0.3, 0.4) is 0 Å². The first-order chi connectivity index (χ1) is 9.35. The highest BCUT2D eigenvalue weighted by atomic mass is 15.1. The molecule has 1 heterocycles. The lowest BCUT2D eigenvalue weighted by Crippen LogP contribution is -2.18. The Hall–Kier alpha value is -1.61. The molecule has 0 saturated heterocycles. The first-order valence-corrected chi connectivity index (χ1v) is 7.15. The van der Waals surface area contributed by atoms with E-state index >= 15 is 0 Å². The fraction of sp³-hybridized carbons (Fsp3) is 0.438. The molecular formula is C16H21N3. The number of imidazole rings is 1. The van der Waals surface area contributed by atoms with Crippen LogP contribution in [0.15, 0.2) is 36.8 Å². The summed E-state index contributed by atoms with van der Waals surface area (Å²) < 4.78 is 2.23. The lowest BCUT2D eigenvalue weighted by molar-refractivity contribution is 0.634. The summed E-state index contributed by atoms with van der Waals surface area (Å²) in [6, 6.07) is 9.61. The van der Waals surface area contributed by atoms with Gasteiger partial charge < -0.3 is 9.88 Å². The van der Waals surface area contributed by atoms with Crippen LogP contribution in [0.2, 0.25) is 0 Å². The topological polar surface area (TPSA) is 29.9 Å². The molecule has 1 aromatic heterocycles. The number of rotatable bonds is 6. The molecule has 0 amide bonds. The Bertz CT molecular complexity index is 523. The molecule has 2 aromatic rings. The van der Waals surface area contributed by atoms with Crippen LogP contribution < -0.4 is 5.32 Å². The van der Waals surface area contributed by atoms with E-state index in [1.54, 1.807) is 0 Å². The van der Waals surface area contributed by atoms with Crippen LogP contribution in [-0.2, 0) is 19.5 Å². The Morgan fingerprint density at radius 1 is 1.21 bits per heavy atom. The van der Waals surface area contributed by atoms with Gasteiger partial charge in [0.15, 0.2) is 0 Å². The second-order valence-electron chi connectivity index (χ2n) is 5.34. The van der Waals surface area contributed by atoms with Crippen molar-refractivity contribution < 1.29 is 0 Å². The van der Waals surface area contributed by atoms with Gasteiger partial charge in [-0.25, -0.2) is 4.98 Å². The summed E-state index contributed by atoms with van der Waals surface area (Å²) in [6.07, 6.45) is 7.65. The van der Waals surface area contributed by atoms with Gasteiger partial charge >= 0.3 is 0 Å². The van der Waals surface area contributed by atoms with Crippen molar-refractivity contribution >= 4 is 0 Å². The number of hydrogen-bond acceptors (Lipinski definition) is 2. The summed E-state index contributed by atoms with van der Waals surface area (Å²) in [7, 11) is 0. The van der Waals surface area contributed by atoms with Crippen molar-refractivity contribution in [3.8, 4) is 0 Å². The molecule has 0 radical (unpaired) electrons. The molecule has 3 rings (SSSR count). The number of nitrogens with one attached hydrogen (secondary N) is 1. The van der Waals surface area contributed by atoms with Crippen LogP contribution in [0.4, 0.5) is 0 Å². The van der Waals surface area contributed by atoms with Crippen LogP contribution >= 0.6 is 0 Å². The molecule has 0 aliphatic heterocycles. The standard InChI is InChI=1S/C16H21N3/c1-2-13-3-5-14(6-4-13)11-19-12-17-9-16(19)10-18-15-7-8-15/h3-6,9,12,15,18H,2,7-8,10-11H2,1H3. The van der Waals surface area contributed by atoms with Crippen molar-refractivity contribution in [1.29, 1.82) is 0 Å². The van der Waals surface area contributed by atoms with E-state index in [2.05, 4.69) is 46.1 Å². The minimum atomic E-state index is 0.743. The number of aromatic nitrogens is 2. The highest BCUT2D eigenvalue weighted by Gasteiger charge is 2.20. The van der Waals surface area contributed by atoms with Gasteiger partial charge in [-0.3, -0.25) is 0 Å². The summed E-state index contributed by atoms with van der Waals surface area (Å²) in [5.74, 6) is 0. The fourth-order valence-electron chi connectivity index (χ4n) is 2.25. The molecule has 1 N–H and O–H groups in total. The molecule has 0 spiro atoms. The first kappa shape index (κ1) is 12.4. The molecule has 100 valence electrons. The van der Waals surface area contributed by atoms with Crippen molar-refractivity contribution in [3.63, 3.8) is 0 Å². The highest BCUT2D eigenvalue weighted by Crippen LogP contribution is 2.19. The molecule has 3 nitrogen and oxygen atoms in total. The van der Waals surface area contributed by atoms with Crippen LogP contribution in [-0.4, -0.2) is 15.6 Å². The van der Waals surface area contributed by atoms with Gasteiger partial charge in [0.1, 0.15) is 0 Å². The van der Waals surface area contributed by atoms with E-state index in [-0.39, 0.29) is 0 Å². The van der Waals surface area contributed by atoms with Gasteiger partial charge in [-0.1, -0.05) is 31.2 Å². The van der Waals surface area contributed by atoms with Gasteiger partial charge in [0.05, 0.1) is 12.0 Å².